The van der Waals surface area contributed by atoms with Crippen LogP contribution in [0.5, 0.6) is 0 Å². The van der Waals surface area contributed by atoms with Gasteiger partial charge >= 0.3 is 0 Å². The molecule has 3 N–H and O–H groups in total. The molecule has 0 amide bonds. The minimum absolute atomic E-state index is 0.669. The van der Waals surface area contributed by atoms with E-state index in [2.05, 4.69) is 9.97 Å². The highest BCUT2D eigenvalue weighted by atomic mass is 16.3. The highest BCUT2D eigenvalue weighted by Gasteiger charge is 2.01. The quantitative estimate of drug-likeness (QED) is 0.622. The molecule has 0 saturated heterocycles. The summed E-state index contributed by atoms with van der Waals surface area (Å²) in [4.78, 5) is 7.93. The Labute approximate surface area is 75.1 Å². The van der Waals surface area contributed by atoms with E-state index in [4.69, 9.17) is 10.8 Å². The molecule has 0 aliphatic rings. The van der Waals surface area contributed by atoms with Crippen LogP contribution in [0.3, 0.4) is 0 Å². The molecule has 1 atom stereocenters. The van der Waals surface area contributed by atoms with Crippen LogP contribution in [0.15, 0.2) is 30.7 Å². The van der Waals surface area contributed by atoms with Crippen molar-refractivity contribution in [3.05, 3.63) is 36.3 Å². The fourth-order valence-corrected chi connectivity index (χ4v) is 1.19. The van der Waals surface area contributed by atoms with Crippen LogP contribution in [0.1, 0.15) is 11.8 Å². The first kappa shape index (κ1) is 8.10. The number of aromatic nitrogens is 2. The Balaban J connectivity index is 2.62. The fourth-order valence-electron chi connectivity index (χ4n) is 1.19. The molecule has 1 aromatic carbocycles. The Morgan fingerprint density at radius 3 is 3.00 bits per heavy atom. The van der Waals surface area contributed by atoms with Gasteiger partial charge in [0.25, 0.3) is 0 Å². The number of benzene rings is 1. The molecule has 1 aromatic heterocycles. The second-order valence-electron chi connectivity index (χ2n) is 2.79. The number of aliphatic hydroxyl groups is 1. The predicted octanol–water partition coefficient (Wildman–Crippen LogP) is 0.579. The van der Waals surface area contributed by atoms with Gasteiger partial charge in [0.1, 0.15) is 12.6 Å². The van der Waals surface area contributed by atoms with Crippen LogP contribution < -0.4 is 5.73 Å². The maximum absolute atomic E-state index is 9.12. The highest BCUT2D eigenvalue weighted by Crippen LogP contribution is 2.15. The van der Waals surface area contributed by atoms with Crippen LogP contribution in [-0.2, 0) is 0 Å². The summed E-state index contributed by atoms with van der Waals surface area (Å²) in [6.07, 6.45) is 2.24. The average Bonchev–Trinajstić information content (AvgIpc) is 2.17. The summed E-state index contributed by atoms with van der Waals surface area (Å²) in [7, 11) is 0. The summed E-state index contributed by atoms with van der Waals surface area (Å²) >= 11 is 0. The van der Waals surface area contributed by atoms with Crippen molar-refractivity contribution < 1.29 is 5.11 Å². The molecular formula is C9H9N3O. The standard InChI is InChI=1S/C9H9N3O/c10-9(13)6-1-2-8-7(3-6)4-11-5-12-8/h1-5,9,13H,10H2. The van der Waals surface area contributed by atoms with Gasteiger partial charge in [0, 0.05) is 11.6 Å². The van der Waals surface area contributed by atoms with Gasteiger partial charge in [-0.1, -0.05) is 6.07 Å². The lowest BCUT2D eigenvalue weighted by Gasteiger charge is -2.04. The van der Waals surface area contributed by atoms with Crippen molar-refractivity contribution in [2.75, 3.05) is 0 Å². The van der Waals surface area contributed by atoms with Crippen LogP contribution in [0, 0.1) is 0 Å². The number of aliphatic hydroxyl groups excluding tert-OH is 1. The summed E-state index contributed by atoms with van der Waals surface area (Å²) in [6.45, 7) is 0. The molecule has 0 spiro atoms. The summed E-state index contributed by atoms with van der Waals surface area (Å²) in [5, 5.41) is 10.00. The third-order valence-corrected chi connectivity index (χ3v) is 1.87. The molecule has 1 heterocycles. The Morgan fingerprint density at radius 2 is 2.23 bits per heavy atom. The Bertz CT molecular complexity index is 428. The van der Waals surface area contributed by atoms with Gasteiger partial charge in [0.15, 0.2) is 0 Å². The van der Waals surface area contributed by atoms with Gasteiger partial charge < -0.3 is 10.8 Å². The van der Waals surface area contributed by atoms with Gasteiger partial charge in [-0.25, -0.2) is 9.97 Å². The first-order valence-electron chi connectivity index (χ1n) is 3.91. The molecule has 0 aliphatic carbocycles. The molecule has 2 rings (SSSR count). The van der Waals surface area contributed by atoms with E-state index in [-0.39, 0.29) is 0 Å². The van der Waals surface area contributed by atoms with Crippen LogP contribution in [0.2, 0.25) is 0 Å². The van der Waals surface area contributed by atoms with Gasteiger partial charge in [0.2, 0.25) is 0 Å². The zero-order valence-corrected chi connectivity index (χ0v) is 6.88. The smallest absolute Gasteiger partial charge is 0.128 e. The maximum atomic E-state index is 9.12. The molecular weight excluding hydrogens is 166 g/mol. The van der Waals surface area contributed by atoms with Crippen LogP contribution in [0.25, 0.3) is 10.9 Å². The van der Waals surface area contributed by atoms with Gasteiger partial charge in [-0.05, 0) is 17.7 Å². The van der Waals surface area contributed by atoms with Crippen LogP contribution in [0.4, 0.5) is 0 Å². The van der Waals surface area contributed by atoms with Crippen molar-refractivity contribution in [2.24, 2.45) is 5.73 Å². The molecule has 0 fully saturated rings. The first-order valence-corrected chi connectivity index (χ1v) is 3.91. The highest BCUT2D eigenvalue weighted by molar-refractivity contribution is 5.78. The van der Waals surface area contributed by atoms with Gasteiger partial charge in [-0.2, -0.15) is 0 Å². The van der Waals surface area contributed by atoms with Gasteiger partial charge in [-0.15, -0.1) is 0 Å². The third kappa shape index (κ3) is 1.49. The predicted molar refractivity (Wildman–Crippen MR) is 48.7 cm³/mol. The number of fused-ring (bicyclic) bond motifs is 1. The van der Waals surface area contributed by atoms with Gasteiger partial charge in [-0.3, -0.25) is 0 Å². The summed E-state index contributed by atoms with van der Waals surface area (Å²) in [5.41, 5.74) is 6.83. The molecule has 4 nitrogen and oxygen atoms in total. The number of nitrogens with two attached hydrogens (primary N) is 1. The molecule has 0 saturated carbocycles. The van der Waals surface area contributed by atoms with Crippen LogP contribution >= 0.6 is 0 Å². The average molecular weight is 175 g/mol. The van der Waals surface area contributed by atoms with E-state index < -0.39 is 6.23 Å². The zero-order valence-electron chi connectivity index (χ0n) is 6.88. The van der Waals surface area contributed by atoms with E-state index in [1.165, 1.54) is 6.33 Å². The van der Waals surface area contributed by atoms with Crippen LogP contribution in [-0.4, -0.2) is 15.1 Å². The molecule has 66 valence electrons. The van der Waals surface area contributed by atoms with E-state index in [1.54, 1.807) is 18.3 Å². The maximum Gasteiger partial charge on any atom is 0.128 e. The van der Waals surface area contributed by atoms with E-state index in [0.29, 0.717) is 5.56 Å². The Hall–Kier alpha value is -1.52. The SMILES string of the molecule is NC(O)c1ccc2ncncc2c1. The molecule has 13 heavy (non-hydrogen) atoms. The largest absolute Gasteiger partial charge is 0.375 e. The lowest BCUT2D eigenvalue weighted by Crippen LogP contribution is -2.08. The Morgan fingerprint density at radius 1 is 1.38 bits per heavy atom. The van der Waals surface area contributed by atoms with Crippen molar-refractivity contribution >= 4 is 10.9 Å². The fraction of sp³-hybridized carbons (Fsp3) is 0.111. The normalized spacial score (nSPS) is 13.1. The number of rotatable bonds is 1. The van der Waals surface area contributed by atoms with Gasteiger partial charge in [0.05, 0.1) is 5.52 Å². The van der Waals surface area contributed by atoms with Crippen molar-refractivity contribution in [2.45, 2.75) is 6.23 Å². The van der Waals surface area contributed by atoms with E-state index in [0.717, 1.165) is 10.9 Å². The lowest BCUT2D eigenvalue weighted by molar-refractivity contribution is 0.186. The topological polar surface area (TPSA) is 72.0 Å². The third-order valence-electron chi connectivity index (χ3n) is 1.87. The lowest BCUT2D eigenvalue weighted by atomic mass is 10.1. The second-order valence-corrected chi connectivity index (χ2v) is 2.79. The van der Waals surface area contributed by atoms with E-state index >= 15 is 0 Å². The molecule has 2 aromatic rings. The minimum atomic E-state index is -0.940. The molecule has 0 radical (unpaired) electrons. The molecule has 0 bridgehead atoms. The number of hydrogen-bond donors (Lipinski definition) is 2. The van der Waals surface area contributed by atoms with Crippen molar-refractivity contribution in [1.29, 1.82) is 0 Å². The minimum Gasteiger partial charge on any atom is -0.375 e. The number of hydrogen-bond acceptors (Lipinski definition) is 4. The Kier molecular flexibility index (Phi) is 1.92. The van der Waals surface area contributed by atoms with E-state index in [9.17, 15) is 0 Å². The second kappa shape index (κ2) is 3.08. The van der Waals surface area contributed by atoms with Crippen molar-refractivity contribution in [3.8, 4) is 0 Å². The van der Waals surface area contributed by atoms with E-state index in [1.807, 2.05) is 6.07 Å². The van der Waals surface area contributed by atoms with Crippen molar-refractivity contribution in [1.82, 2.24) is 9.97 Å². The summed E-state index contributed by atoms with van der Waals surface area (Å²) < 4.78 is 0. The molecule has 4 heteroatoms. The number of nitrogens with zero attached hydrogens (tertiary/aromatic N) is 2. The summed E-state index contributed by atoms with van der Waals surface area (Å²) in [5.74, 6) is 0. The first-order chi connectivity index (χ1) is 6.27. The molecule has 1 unspecified atom stereocenters. The zero-order chi connectivity index (χ0) is 9.26. The monoisotopic (exact) mass is 175 g/mol. The molecule has 0 aliphatic heterocycles. The van der Waals surface area contributed by atoms with Crippen molar-refractivity contribution in [3.63, 3.8) is 0 Å². The summed E-state index contributed by atoms with van der Waals surface area (Å²) in [6, 6.07) is 5.34.